The molecule has 2 heterocycles. The van der Waals surface area contributed by atoms with Crippen molar-refractivity contribution in [1.29, 1.82) is 0 Å². The number of nitrogens with zero attached hydrogens (tertiary/aromatic N) is 2. The van der Waals surface area contributed by atoms with Gasteiger partial charge in [-0.05, 0) is 17.9 Å². The number of aryl methyl sites for hydroxylation is 1. The SMILES string of the molecule is CCCCn1ccnc1NCC(C)(C)c1cccs1. The molecule has 2 rings (SSSR count). The van der Waals surface area contributed by atoms with E-state index in [9.17, 15) is 0 Å². The van der Waals surface area contributed by atoms with Crippen LogP contribution >= 0.6 is 11.3 Å². The largest absolute Gasteiger partial charge is 0.355 e. The van der Waals surface area contributed by atoms with E-state index in [-0.39, 0.29) is 5.41 Å². The topological polar surface area (TPSA) is 29.9 Å². The summed E-state index contributed by atoms with van der Waals surface area (Å²) in [6.07, 6.45) is 6.32. The van der Waals surface area contributed by atoms with Gasteiger partial charge in [-0.25, -0.2) is 4.98 Å². The molecule has 0 aliphatic heterocycles. The molecule has 0 amide bonds. The monoisotopic (exact) mass is 277 g/mol. The lowest BCUT2D eigenvalue weighted by Gasteiger charge is -2.24. The molecular formula is C15H23N3S. The van der Waals surface area contributed by atoms with Crippen LogP contribution in [0, 0.1) is 0 Å². The van der Waals surface area contributed by atoms with Crippen molar-refractivity contribution >= 4 is 17.3 Å². The van der Waals surface area contributed by atoms with Crippen molar-refractivity contribution in [2.75, 3.05) is 11.9 Å². The first-order chi connectivity index (χ1) is 9.13. The summed E-state index contributed by atoms with van der Waals surface area (Å²) in [7, 11) is 0. The third-order valence-corrected chi connectivity index (χ3v) is 4.58. The molecule has 0 fully saturated rings. The van der Waals surface area contributed by atoms with Crippen LogP contribution in [-0.4, -0.2) is 16.1 Å². The molecule has 0 saturated carbocycles. The van der Waals surface area contributed by atoms with Crippen LogP contribution < -0.4 is 5.32 Å². The van der Waals surface area contributed by atoms with Gasteiger partial charge >= 0.3 is 0 Å². The van der Waals surface area contributed by atoms with E-state index in [4.69, 9.17) is 0 Å². The Kier molecular flexibility index (Phi) is 4.64. The smallest absolute Gasteiger partial charge is 0.202 e. The molecule has 104 valence electrons. The fourth-order valence-electron chi connectivity index (χ4n) is 2.04. The third kappa shape index (κ3) is 3.60. The van der Waals surface area contributed by atoms with E-state index in [0.717, 1.165) is 19.0 Å². The Bertz CT molecular complexity index is 485. The maximum Gasteiger partial charge on any atom is 0.202 e. The molecule has 0 aromatic carbocycles. The number of anilines is 1. The molecule has 0 aliphatic carbocycles. The predicted molar refractivity (Wildman–Crippen MR) is 83.0 cm³/mol. The van der Waals surface area contributed by atoms with Crippen molar-refractivity contribution in [2.24, 2.45) is 0 Å². The highest BCUT2D eigenvalue weighted by molar-refractivity contribution is 7.10. The molecule has 1 N–H and O–H groups in total. The molecule has 0 bridgehead atoms. The van der Waals surface area contributed by atoms with E-state index in [1.54, 1.807) is 0 Å². The highest BCUT2D eigenvalue weighted by Gasteiger charge is 2.22. The maximum absolute atomic E-state index is 4.41. The van der Waals surface area contributed by atoms with Gasteiger partial charge in [-0.3, -0.25) is 0 Å². The number of imidazole rings is 1. The molecule has 4 heteroatoms. The maximum atomic E-state index is 4.41. The summed E-state index contributed by atoms with van der Waals surface area (Å²) in [6.45, 7) is 8.69. The molecule has 3 nitrogen and oxygen atoms in total. The molecule has 19 heavy (non-hydrogen) atoms. The average Bonchev–Trinajstić information content (AvgIpc) is 3.05. The Morgan fingerprint density at radius 1 is 1.42 bits per heavy atom. The number of unbranched alkanes of at least 4 members (excludes halogenated alkanes) is 1. The van der Waals surface area contributed by atoms with Crippen LogP contribution in [0.2, 0.25) is 0 Å². The summed E-state index contributed by atoms with van der Waals surface area (Å²) in [5.74, 6) is 0.984. The van der Waals surface area contributed by atoms with E-state index in [1.165, 1.54) is 17.7 Å². The molecule has 0 spiro atoms. The van der Waals surface area contributed by atoms with E-state index in [2.05, 4.69) is 59.3 Å². The summed E-state index contributed by atoms with van der Waals surface area (Å²) in [4.78, 5) is 5.82. The van der Waals surface area contributed by atoms with E-state index in [0.29, 0.717) is 0 Å². The van der Waals surface area contributed by atoms with Crippen LogP contribution in [-0.2, 0) is 12.0 Å². The van der Waals surface area contributed by atoms with Crippen molar-refractivity contribution in [2.45, 2.75) is 45.6 Å². The van der Waals surface area contributed by atoms with Gasteiger partial charge in [-0.2, -0.15) is 0 Å². The number of hydrogen-bond donors (Lipinski definition) is 1. The summed E-state index contributed by atoms with van der Waals surface area (Å²) in [5.41, 5.74) is 0.135. The highest BCUT2D eigenvalue weighted by atomic mass is 32.1. The fraction of sp³-hybridized carbons (Fsp3) is 0.533. The minimum atomic E-state index is 0.135. The van der Waals surface area contributed by atoms with Crippen LogP contribution in [0.25, 0.3) is 0 Å². The number of hydrogen-bond acceptors (Lipinski definition) is 3. The molecule has 2 aromatic heterocycles. The van der Waals surface area contributed by atoms with Gasteiger partial charge in [0.2, 0.25) is 5.95 Å². The lowest BCUT2D eigenvalue weighted by atomic mass is 9.91. The number of aromatic nitrogens is 2. The van der Waals surface area contributed by atoms with Gasteiger partial charge in [0, 0.05) is 35.8 Å². The molecule has 0 aliphatic rings. The van der Waals surface area contributed by atoms with Crippen molar-refractivity contribution in [3.05, 3.63) is 34.8 Å². The number of thiophene rings is 1. The van der Waals surface area contributed by atoms with Gasteiger partial charge in [0.15, 0.2) is 0 Å². The Morgan fingerprint density at radius 2 is 2.26 bits per heavy atom. The van der Waals surface area contributed by atoms with Crippen LogP contribution in [0.4, 0.5) is 5.95 Å². The summed E-state index contributed by atoms with van der Waals surface area (Å²) in [5, 5.41) is 5.63. The Labute approximate surface area is 119 Å². The van der Waals surface area contributed by atoms with Crippen LogP contribution in [0.5, 0.6) is 0 Å². The van der Waals surface area contributed by atoms with Gasteiger partial charge in [0.25, 0.3) is 0 Å². The zero-order valence-electron chi connectivity index (χ0n) is 12.0. The minimum absolute atomic E-state index is 0.135. The minimum Gasteiger partial charge on any atom is -0.355 e. The predicted octanol–water partition coefficient (Wildman–Crippen LogP) is 4.13. The summed E-state index contributed by atoms with van der Waals surface area (Å²) in [6, 6.07) is 4.32. The molecule has 2 aromatic rings. The van der Waals surface area contributed by atoms with E-state index < -0.39 is 0 Å². The van der Waals surface area contributed by atoms with Gasteiger partial charge in [0.1, 0.15) is 0 Å². The standard InChI is InChI=1S/C15H23N3S/c1-4-5-9-18-10-8-16-14(18)17-12-15(2,3)13-7-6-11-19-13/h6-8,10-11H,4-5,9,12H2,1-3H3,(H,16,17). The lowest BCUT2D eigenvalue weighted by Crippen LogP contribution is -2.27. The molecule has 0 unspecified atom stereocenters. The lowest BCUT2D eigenvalue weighted by molar-refractivity contribution is 0.560. The zero-order chi connectivity index (χ0) is 13.7. The molecular weight excluding hydrogens is 254 g/mol. The van der Waals surface area contributed by atoms with Crippen molar-refractivity contribution in [3.8, 4) is 0 Å². The van der Waals surface area contributed by atoms with Gasteiger partial charge in [0.05, 0.1) is 0 Å². The quantitative estimate of drug-likeness (QED) is 0.824. The van der Waals surface area contributed by atoms with Gasteiger partial charge < -0.3 is 9.88 Å². The number of rotatable bonds is 7. The Morgan fingerprint density at radius 3 is 2.95 bits per heavy atom. The second-order valence-electron chi connectivity index (χ2n) is 5.51. The molecule has 0 saturated heterocycles. The van der Waals surface area contributed by atoms with Crippen molar-refractivity contribution < 1.29 is 0 Å². The normalized spacial score (nSPS) is 11.7. The molecule has 0 atom stereocenters. The van der Waals surface area contributed by atoms with E-state index >= 15 is 0 Å². The van der Waals surface area contributed by atoms with Crippen LogP contribution in [0.3, 0.4) is 0 Å². The highest BCUT2D eigenvalue weighted by Crippen LogP contribution is 2.27. The van der Waals surface area contributed by atoms with Gasteiger partial charge in [-0.1, -0.05) is 33.3 Å². The second-order valence-corrected chi connectivity index (χ2v) is 6.46. The Hall–Kier alpha value is -1.29. The molecule has 0 radical (unpaired) electrons. The summed E-state index contributed by atoms with van der Waals surface area (Å²) >= 11 is 1.82. The first kappa shape index (κ1) is 14.1. The summed E-state index contributed by atoms with van der Waals surface area (Å²) < 4.78 is 2.20. The first-order valence-corrected chi connectivity index (χ1v) is 7.80. The average molecular weight is 277 g/mol. The van der Waals surface area contributed by atoms with Crippen molar-refractivity contribution in [1.82, 2.24) is 9.55 Å². The fourth-order valence-corrected chi connectivity index (χ4v) is 2.89. The second kappa shape index (κ2) is 6.24. The number of nitrogens with one attached hydrogen (secondary N) is 1. The van der Waals surface area contributed by atoms with Crippen LogP contribution in [0.15, 0.2) is 29.9 Å². The van der Waals surface area contributed by atoms with Crippen molar-refractivity contribution in [3.63, 3.8) is 0 Å². The van der Waals surface area contributed by atoms with E-state index in [1.807, 2.05) is 17.5 Å². The van der Waals surface area contributed by atoms with Crippen LogP contribution in [0.1, 0.15) is 38.5 Å². The Balaban J connectivity index is 1.97. The zero-order valence-corrected chi connectivity index (χ0v) is 12.8. The van der Waals surface area contributed by atoms with Gasteiger partial charge in [-0.15, -0.1) is 11.3 Å². The first-order valence-electron chi connectivity index (χ1n) is 6.92. The third-order valence-electron chi connectivity index (χ3n) is 3.34.